The lowest BCUT2D eigenvalue weighted by Gasteiger charge is -2.29. The van der Waals surface area contributed by atoms with Gasteiger partial charge in [0.15, 0.2) is 0 Å². The van der Waals surface area contributed by atoms with Gasteiger partial charge < -0.3 is 10.2 Å². The van der Waals surface area contributed by atoms with Crippen LogP contribution in [0.2, 0.25) is 0 Å². The van der Waals surface area contributed by atoms with Crippen LogP contribution in [0.5, 0.6) is 0 Å². The Labute approximate surface area is 115 Å². The van der Waals surface area contributed by atoms with E-state index in [0.717, 1.165) is 31.9 Å². The molecule has 0 aromatic carbocycles. The third-order valence-corrected chi connectivity index (χ3v) is 3.77. The van der Waals surface area contributed by atoms with E-state index in [0.29, 0.717) is 11.6 Å². The lowest BCUT2D eigenvalue weighted by atomic mass is 9.99. The molecule has 1 N–H and O–H groups in total. The van der Waals surface area contributed by atoms with Crippen molar-refractivity contribution >= 4 is 5.91 Å². The van der Waals surface area contributed by atoms with E-state index in [2.05, 4.69) is 10.4 Å². The topological polar surface area (TPSA) is 50.2 Å². The van der Waals surface area contributed by atoms with E-state index >= 15 is 0 Å². The molecule has 0 spiro atoms. The summed E-state index contributed by atoms with van der Waals surface area (Å²) in [6.45, 7) is 7.67. The minimum atomic E-state index is 0.0937. The van der Waals surface area contributed by atoms with E-state index in [-0.39, 0.29) is 5.91 Å². The van der Waals surface area contributed by atoms with Gasteiger partial charge in [-0.3, -0.25) is 9.48 Å². The van der Waals surface area contributed by atoms with Crippen molar-refractivity contribution in [3.05, 3.63) is 17.5 Å². The second-order valence-corrected chi connectivity index (χ2v) is 5.35. The number of nitrogens with one attached hydrogen (secondary N) is 1. The molecule has 1 unspecified atom stereocenters. The average molecular weight is 264 g/mol. The van der Waals surface area contributed by atoms with E-state index in [1.807, 2.05) is 31.9 Å². The highest BCUT2D eigenvalue weighted by Gasteiger charge is 2.22. The zero-order chi connectivity index (χ0) is 13.8. The standard InChI is InChI=1S/C14H24N4O/c1-4-18(10-12-6-5-7-15-9-12)14(19)13-8-11(2)16-17(13)3/h8,12,15H,4-7,9-10H2,1-3H3. The molecule has 1 aliphatic heterocycles. The van der Waals surface area contributed by atoms with Crippen molar-refractivity contribution in [2.75, 3.05) is 26.2 Å². The number of carbonyl (C=O) groups excluding carboxylic acids is 1. The van der Waals surface area contributed by atoms with E-state index in [1.54, 1.807) is 4.68 Å². The van der Waals surface area contributed by atoms with Gasteiger partial charge >= 0.3 is 0 Å². The quantitative estimate of drug-likeness (QED) is 0.888. The molecule has 106 valence electrons. The number of hydrogen-bond donors (Lipinski definition) is 1. The van der Waals surface area contributed by atoms with Crippen LogP contribution in [-0.4, -0.2) is 46.8 Å². The fourth-order valence-corrected chi connectivity index (χ4v) is 2.72. The predicted molar refractivity (Wildman–Crippen MR) is 75.1 cm³/mol. The van der Waals surface area contributed by atoms with E-state index < -0.39 is 0 Å². The Hall–Kier alpha value is -1.36. The van der Waals surface area contributed by atoms with Crippen LogP contribution in [0.15, 0.2) is 6.07 Å². The number of carbonyl (C=O) groups is 1. The Morgan fingerprint density at radius 2 is 2.42 bits per heavy atom. The summed E-state index contributed by atoms with van der Waals surface area (Å²) in [7, 11) is 1.83. The monoisotopic (exact) mass is 264 g/mol. The van der Waals surface area contributed by atoms with Gasteiger partial charge in [-0.05, 0) is 51.8 Å². The number of hydrogen-bond acceptors (Lipinski definition) is 3. The zero-order valence-corrected chi connectivity index (χ0v) is 12.1. The minimum Gasteiger partial charge on any atom is -0.337 e. The maximum Gasteiger partial charge on any atom is 0.272 e. The molecule has 1 amide bonds. The van der Waals surface area contributed by atoms with Crippen LogP contribution in [0.4, 0.5) is 0 Å². The Balaban J connectivity index is 2.04. The number of nitrogens with zero attached hydrogens (tertiary/aromatic N) is 3. The molecule has 1 aromatic rings. The van der Waals surface area contributed by atoms with Crippen LogP contribution in [-0.2, 0) is 7.05 Å². The van der Waals surface area contributed by atoms with Crippen molar-refractivity contribution in [1.82, 2.24) is 20.0 Å². The molecule has 1 aromatic heterocycles. The molecular weight excluding hydrogens is 240 g/mol. The van der Waals surface area contributed by atoms with Crippen LogP contribution in [0.3, 0.4) is 0 Å². The molecule has 2 heterocycles. The molecule has 5 nitrogen and oxygen atoms in total. The molecular formula is C14H24N4O. The van der Waals surface area contributed by atoms with Gasteiger partial charge in [0.1, 0.15) is 5.69 Å². The van der Waals surface area contributed by atoms with Crippen molar-refractivity contribution in [2.45, 2.75) is 26.7 Å². The molecule has 1 saturated heterocycles. The van der Waals surface area contributed by atoms with Gasteiger partial charge in [0.25, 0.3) is 5.91 Å². The summed E-state index contributed by atoms with van der Waals surface area (Å²) in [6, 6.07) is 1.87. The lowest BCUT2D eigenvalue weighted by molar-refractivity contribution is 0.0718. The molecule has 0 radical (unpaired) electrons. The fraction of sp³-hybridized carbons (Fsp3) is 0.714. The lowest BCUT2D eigenvalue weighted by Crippen LogP contribution is -2.41. The van der Waals surface area contributed by atoms with Gasteiger partial charge in [-0.2, -0.15) is 5.10 Å². The molecule has 5 heteroatoms. The highest BCUT2D eigenvalue weighted by atomic mass is 16.2. The second kappa shape index (κ2) is 6.19. The third-order valence-electron chi connectivity index (χ3n) is 3.77. The number of aryl methyl sites for hydroxylation is 2. The third kappa shape index (κ3) is 3.35. The molecule has 0 saturated carbocycles. The maximum atomic E-state index is 12.5. The van der Waals surface area contributed by atoms with E-state index in [1.165, 1.54) is 12.8 Å². The van der Waals surface area contributed by atoms with Crippen LogP contribution in [0, 0.1) is 12.8 Å². The van der Waals surface area contributed by atoms with Gasteiger partial charge in [0, 0.05) is 20.1 Å². The first-order chi connectivity index (χ1) is 9.11. The molecule has 19 heavy (non-hydrogen) atoms. The fourth-order valence-electron chi connectivity index (χ4n) is 2.72. The molecule has 0 aliphatic carbocycles. The largest absolute Gasteiger partial charge is 0.337 e. The Morgan fingerprint density at radius 1 is 1.63 bits per heavy atom. The van der Waals surface area contributed by atoms with Crippen molar-refractivity contribution < 1.29 is 4.79 Å². The Kier molecular flexibility index (Phi) is 4.58. The number of amides is 1. The van der Waals surface area contributed by atoms with Crippen LogP contribution in [0.1, 0.15) is 35.9 Å². The molecule has 1 aliphatic rings. The van der Waals surface area contributed by atoms with Gasteiger partial charge in [-0.1, -0.05) is 0 Å². The number of piperidine rings is 1. The summed E-state index contributed by atoms with van der Waals surface area (Å²) < 4.78 is 1.68. The summed E-state index contributed by atoms with van der Waals surface area (Å²) >= 11 is 0. The predicted octanol–water partition coefficient (Wildman–Crippen LogP) is 1.19. The Morgan fingerprint density at radius 3 is 2.95 bits per heavy atom. The number of rotatable bonds is 4. The first kappa shape index (κ1) is 14.1. The summed E-state index contributed by atoms with van der Waals surface area (Å²) in [4.78, 5) is 14.5. The van der Waals surface area contributed by atoms with Gasteiger partial charge in [0.05, 0.1) is 5.69 Å². The van der Waals surface area contributed by atoms with E-state index in [4.69, 9.17) is 0 Å². The van der Waals surface area contributed by atoms with Crippen molar-refractivity contribution in [3.63, 3.8) is 0 Å². The van der Waals surface area contributed by atoms with Gasteiger partial charge in [-0.25, -0.2) is 0 Å². The summed E-state index contributed by atoms with van der Waals surface area (Å²) in [5.74, 6) is 0.670. The van der Waals surface area contributed by atoms with Gasteiger partial charge in [0.2, 0.25) is 0 Å². The maximum absolute atomic E-state index is 12.5. The second-order valence-electron chi connectivity index (χ2n) is 5.35. The van der Waals surface area contributed by atoms with Crippen molar-refractivity contribution in [3.8, 4) is 0 Å². The smallest absolute Gasteiger partial charge is 0.272 e. The Bertz CT molecular complexity index is 435. The highest BCUT2D eigenvalue weighted by Crippen LogP contribution is 2.14. The first-order valence-electron chi connectivity index (χ1n) is 7.12. The number of aromatic nitrogens is 2. The van der Waals surface area contributed by atoms with Crippen LogP contribution in [0.25, 0.3) is 0 Å². The van der Waals surface area contributed by atoms with E-state index in [9.17, 15) is 4.79 Å². The molecule has 1 atom stereocenters. The SMILES string of the molecule is CCN(CC1CCCNC1)C(=O)c1cc(C)nn1C. The molecule has 2 rings (SSSR count). The summed E-state index contributed by atoms with van der Waals surface area (Å²) in [5.41, 5.74) is 1.57. The van der Waals surface area contributed by atoms with Crippen LogP contribution < -0.4 is 5.32 Å². The molecule has 0 bridgehead atoms. The highest BCUT2D eigenvalue weighted by molar-refractivity contribution is 5.92. The van der Waals surface area contributed by atoms with Crippen molar-refractivity contribution in [1.29, 1.82) is 0 Å². The minimum absolute atomic E-state index is 0.0937. The zero-order valence-electron chi connectivity index (χ0n) is 12.1. The molecule has 1 fully saturated rings. The normalized spacial score (nSPS) is 19.4. The summed E-state index contributed by atoms with van der Waals surface area (Å²) in [5, 5.41) is 7.66. The average Bonchev–Trinajstić information content (AvgIpc) is 2.75. The van der Waals surface area contributed by atoms with Crippen molar-refractivity contribution in [2.24, 2.45) is 13.0 Å². The first-order valence-corrected chi connectivity index (χ1v) is 7.12. The summed E-state index contributed by atoms with van der Waals surface area (Å²) in [6.07, 6.45) is 2.42. The van der Waals surface area contributed by atoms with Crippen LogP contribution >= 0.6 is 0 Å². The van der Waals surface area contributed by atoms with Gasteiger partial charge in [-0.15, -0.1) is 0 Å².